The molecule has 0 aliphatic heterocycles. The van der Waals surface area contributed by atoms with Gasteiger partial charge in [0.15, 0.2) is 5.78 Å². The number of methoxy groups -OCH3 is 1. The molecule has 3 N–H and O–H groups in total. The van der Waals surface area contributed by atoms with E-state index in [2.05, 4.69) is 0 Å². The highest BCUT2D eigenvalue weighted by Gasteiger charge is 2.31. The molecule has 1 rings (SSSR count). The Labute approximate surface area is 65.2 Å². The molecule has 0 saturated heterocycles. The predicted molar refractivity (Wildman–Crippen MR) is 40.7 cm³/mol. The van der Waals surface area contributed by atoms with E-state index in [0.29, 0.717) is 12.8 Å². The third kappa shape index (κ3) is 1.46. The SMILES string of the molecule is COC1CCC(=O)C(=N)C1N. The third-order valence-corrected chi connectivity index (χ3v) is 1.99. The van der Waals surface area contributed by atoms with Gasteiger partial charge in [-0.05, 0) is 6.42 Å². The number of carbonyl (C=O) groups is 1. The van der Waals surface area contributed by atoms with Crippen molar-refractivity contribution in [3.63, 3.8) is 0 Å². The second-order valence-electron chi connectivity index (χ2n) is 2.68. The van der Waals surface area contributed by atoms with Crippen molar-refractivity contribution in [2.45, 2.75) is 25.0 Å². The van der Waals surface area contributed by atoms with Gasteiger partial charge in [0.2, 0.25) is 0 Å². The van der Waals surface area contributed by atoms with Crippen molar-refractivity contribution in [3.05, 3.63) is 0 Å². The summed E-state index contributed by atoms with van der Waals surface area (Å²) in [6.45, 7) is 0. The van der Waals surface area contributed by atoms with Crippen molar-refractivity contribution in [2.75, 3.05) is 7.11 Å². The zero-order valence-corrected chi connectivity index (χ0v) is 6.46. The van der Waals surface area contributed by atoms with E-state index in [1.165, 1.54) is 0 Å². The van der Waals surface area contributed by atoms with Gasteiger partial charge in [-0.3, -0.25) is 10.2 Å². The molecule has 0 aromatic rings. The highest BCUT2D eigenvalue weighted by molar-refractivity contribution is 6.41. The first-order chi connectivity index (χ1) is 5.16. The van der Waals surface area contributed by atoms with Crippen molar-refractivity contribution in [1.29, 1.82) is 5.41 Å². The van der Waals surface area contributed by atoms with Gasteiger partial charge in [-0.1, -0.05) is 0 Å². The van der Waals surface area contributed by atoms with Crippen LogP contribution < -0.4 is 5.73 Å². The van der Waals surface area contributed by atoms with Crippen LogP contribution in [0.1, 0.15) is 12.8 Å². The summed E-state index contributed by atoms with van der Waals surface area (Å²) in [5.41, 5.74) is 5.56. The summed E-state index contributed by atoms with van der Waals surface area (Å²) in [6.07, 6.45) is 0.879. The summed E-state index contributed by atoms with van der Waals surface area (Å²) in [5.74, 6) is -0.147. The number of carbonyl (C=O) groups excluding carboxylic acids is 1. The number of nitrogens with two attached hydrogens (primary N) is 1. The van der Waals surface area contributed by atoms with Crippen LogP contribution in [0.3, 0.4) is 0 Å². The quantitative estimate of drug-likeness (QED) is 0.547. The van der Waals surface area contributed by atoms with Gasteiger partial charge in [0.05, 0.1) is 17.9 Å². The predicted octanol–water partition coefficient (Wildman–Crippen LogP) is -0.289. The van der Waals surface area contributed by atoms with Gasteiger partial charge in [0.1, 0.15) is 0 Å². The van der Waals surface area contributed by atoms with Crippen LogP contribution in [0.2, 0.25) is 0 Å². The van der Waals surface area contributed by atoms with E-state index in [0.717, 1.165) is 0 Å². The van der Waals surface area contributed by atoms with Gasteiger partial charge in [0.25, 0.3) is 0 Å². The molecule has 1 fully saturated rings. The fourth-order valence-electron chi connectivity index (χ4n) is 1.22. The molecule has 2 unspecified atom stereocenters. The number of rotatable bonds is 1. The van der Waals surface area contributed by atoms with Gasteiger partial charge >= 0.3 is 0 Å². The van der Waals surface area contributed by atoms with Gasteiger partial charge < -0.3 is 10.5 Å². The highest BCUT2D eigenvalue weighted by Crippen LogP contribution is 2.13. The monoisotopic (exact) mass is 156 g/mol. The summed E-state index contributed by atoms with van der Waals surface area (Å²) in [7, 11) is 1.55. The Morgan fingerprint density at radius 3 is 2.91 bits per heavy atom. The van der Waals surface area contributed by atoms with Gasteiger partial charge in [-0.25, -0.2) is 0 Å². The van der Waals surface area contributed by atoms with Crippen LogP contribution in [0.5, 0.6) is 0 Å². The summed E-state index contributed by atoms with van der Waals surface area (Å²) >= 11 is 0. The number of ketones is 1. The van der Waals surface area contributed by atoms with Gasteiger partial charge in [-0.15, -0.1) is 0 Å². The lowest BCUT2D eigenvalue weighted by Gasteiger charge is -2.26. The lowest BCUT2D eigenvalue weighted by molar-refractivity contribution is -0.115. The summed E-state index contributed by atoms with van der Waals surface area (Å²) in [6, 6.07) is -0.527. The van der Waals surface area contributed by atoms with Crippen LogP contribution in [-0.2, 0) is 9.53 Å². The molecule has 0 bridgehead atoms. The maximum Gasteiger partial charge on any atom is 0.178 e. The summed E-state index contributed by atoms with van der Waals surface area (Å²) < 4.78 is 5.00. The molecule has 1 saturated carbocycles. The fourth-order valence-corrected chi connectivity index (χ4v) is 1.22. The van der Waals surface area contributed by atoms with Crippen LogP contribution in [0.15, 0.2) is 0 Å². The molecule has 0 aromatic carbocycles. The minimum atomic E-state index is -0.527. The van der Waals surface area contributed by atoms with E-state index < -0.39 is 6.04 Å². The van der Waals surface area contributed by atoms with Crippen LogP contribution in [0, 0.1) is 5.41 Å². The highest BCUT2D eigenvalue weighted by atomic mass is 16.5. The minimum absolute atomic E-state index is 0.00287. The molecule has 62 valence electrons. The van der Waals surface area contributed by atoms with Crippen LogP contribution in [0.25, 0.3) is 0 Å². The van der Waals surface area contributed by atoms with Crippen molar-refractivity contribution in [1.82, 2.24) is 0 Å². The topological polar surface area (TPSA) is 76.2 Å². The molecule has 0 amide bonds. The average Bonchev–Trinajstić information content (AvgIpc) is 2.01. The van der Waals surface area contributed by atoms with Crippen LogP contribution in [0.4, 0.5) is 0 Å². The van der Waals surface area contributed by atoms with Crippen molar-refractivity contribution in [3.8, 4) is 0 Å². The molecule has 1 aliphatic rings. The van der Waals surface area contributed by atoms with Crippen LogP contribution in [-0.4, -0.2) is 30.8 Å². The van der Waals surface area contributed by atoms with E-state index in [1.54, 1.807) is 7.11 Å². The molecule has 4 heteroatoms. The smallest absolute Gasteiger partial charge is 0.178 e. The Morgan fingerprint density at radius 1 is 1.73 bits per heavy atom. The average molecular weight is 156 g/mol. The Morgan fingerprint density at radius 2 is 2.36 bits per heavy atom. The maximum absolute atomic E-state index is 10.9. The third-order valence-electron chi connectivity index (χ3n) is 1.99. The van der Waals surface area contributed by atoms with Crippen LogP contribution >= 0.6 is 0 Å². The zero-order valence-electron chi connectivity index (χ0n) is 6.46. The number of Topliss-reactive ketones (excluding diaryl/α,β-unsaturated/α-hetero) is 1. The Kier molecular flexibility index (Phi) is 2.36. The van der Waals surface area contributed by atoms with Crippen molar-refractivity contribution >= 4 is 11.5 Å². The largest absolute Gasteiger partial charge is 0.379 e. The lowest BCUT2D eigenvalue weighted by atomic mass is 9.90. The molecule has 0 heterocycles. The fraction of sp³-hybridized carbons (Fsp3) is 0.714. The first kappa shape index (κ1) is 8.36. The maximum atomic E-state index is 10.9. The molecular formula is C7H12N2O2. The molecule has 0 aromatic heterocycles. The molecule has 1 aliphatic carbocycles. The van der Waals surface area contributed by atoms with Crippen molar-refractivity contribution in [2.24, 2.45) is 5.73 Å². The van der Waals surface area contributed by atoms with E-state index in [1.807, 2.05) is 0 Å². The molecule has 11 heavy (non-hydrogen) atoms. The lowest BCUT2D eigenvalue weighted by Crippen LogP contribution is -2.49. The zero-order chi connectivity index (χ0) is 8.43. The Bertz CT molecular complexity index is 191. The van der Waals surface area contributed by atoms with Gasteiger partial charge in [-0.2, -0.15) is 0 Å². The number of hydrogen-bond acceptors (Lipinski definition) is 4. The summed E-state index contributed by atoms with van der Waals surface area (Å²) in [4.78, 5) is 10.9. The van der Waals surface area contributed by atoms with E-state index in [-0.39, 0.29) is 17.6 Å². The normalized spacial score (nSPS) is 32.5. The minimum Gasteiger partial charge on any atom is -0.379 e. The van der Waals surface area contributed by atoms with E-state index in [4.69, 9.17) is 15.9 Å². The molecule has 4 nitrogen and oxygen atoms in total. The number of hydrogen-bond donors (Lipinski definition) is 2. The Balaban J connectivity index is 2.66. The standard InChI is InChI=1S/C7H12N2O2/c1-11-5-3-2-4(10)6(8)7(5)9/h5,7-8H,2-3,9H2,1H3. The van der Waals surface area contributed by atoms with Gasteiger partial charge in [0, 0.05) is 13.5 Å². The second kappa shape index (κ2) is 3.11. The molecular weight excluding hydrogens is 144 g/mol. The summed E-state index contributed by atoms with van der Waals surface area (Å²) in [5, 5.41) is 7.28. The molecule has 0 radical (unpaired) electrons. The molecule has 0 spiro atoms. The number of nitrogens with one attached hydrogen (secondary N) is 1. The second-order valence-corrected chi connectivity index (χ2v) is 2.68. The Hall–Kier alpha value is -0.740. The van der Waals surface area contributed by atoms with E-state index in [9.17, 15) is 4.79 Å². The van der Waals surface area contributed by atoms with E-state index >= 15 is 0 Å². The first-order valence-electron chi connectivity index (χ1n) is 3.57. The molecule has 2 atom stereocenters. The van der Waals surface area contributed by atoms with Crippen molar-refractivity contribution < 1.29 is 9.53 Å². The first-order valence-corrected chi connectivity index (χ1v) is 3.57. The number of ether oxygens (including phenoxy) is 1.